The molecule has 0 bridgehead atoms. The molecule has 1 saturated carbocycles. The Balaban J connectivity index is 1.28. The second kappa shape index (κ2) is 37.9. The number of hydrogen-bond donors (Lipinski definition) is 3. The van der Waals surface area contributed by atoms with E-state index in [1.807, 2.05) is 55.4 Å². The van der Waals surface area contributed by atoms with Crippen molar-refractivity contribution >= 4 is 74.5 Å². The number of carboxylic acid groups (broad SMARTS) is 1. The molecule has 0 radical (unpaired) electrons. The average Bonchev–Trinajstić information content (AvgIpc) is 1.60. The lowest BCUT2D eigenvalue weighted by Crippen LogP contribution is -2.55. The van der Waals surface area contributed by atoms with Crippen LogP contribution in [0, 0.1) is 47.3 Å². The van der Waals surface area contributed by atoms with Crippen LogP contribution in [0.15, 0.2) is 24.3 Å². The van der Waals surface area contributed by atoms with Gasteiger partial charge in [-0.3, -0.25) is 43.2 Å². The van der Waals surface area contributed by atoms with Crippen molar-refractivity contribution in [3.63, 3.8) is 0 Å². The molecule has 2 heterocycles. The molecule has 2 saturated heterocycles. The van der Waals surface area contributed by atoms with E-state index in [9.17, 15) is 56.4 Å². The van der Waals surface area contributed by atoms with Gasteiger partial charge in [0.25, 0.3) is 0 Å². The van der Waals surface area contributed by atoms with Crippen molar-refractivity contribution in [1.82, 2.24) is 24.9 Å². The van der Waals surface area contributed by atoms with Gasteiger partial charge >= 0.3 is 12.1 Å². The number of likely N-dealkylation sites (N-methyl/N-ethyl adjacent to an activating group) is 2. The van der Waals surface area contributed by atoms with Crippen LogP contribution in [0.2, 0.25) is 0 Å². The van der Waals surface area contributed by atoms with Gasteiger partial charge in [-0.05, 0) is 86.3 Å². The number of nitrogens with zero attached hydrogens (tertiary/aromatic N) is 4. The van der Waals surface area contributed by atoms with Gasteiger partial charge in [0.15, 0.2) is 21.4 Å². The number of amides is 6. The molecule has 3 N–H and O–H groups in total. The maximum absolute atomic E-state index is 14.8. The number of nitrogens with one attached hydrogen (secondary N) is 2. The van der Waals surface area contributed by atoms with E-state index in [-0.39, 0.29) is 130 Å². The van der Waals surface area contributed by atoms with Crippen LogP contribution in [-0.2, 0) is 83.3 Å². The quantitative estimate of drug-likeness (QED) is 0.0569. The second-order valence-corrected chi connectivity index (χ2v) is 29.0. The molecule has 2 aliphatic heterocycles. The number of carboxylic acids is 1. The molecule has 3 fully saturated rings. The molecule has 25 heteroatoms. The Labute approximate surface area is 545 Å². The Bertz CT molecular complexity index is 2730. The number of ketones is 3. The van der Waals surface area contributed by atoms with E-state index in [2.05, 4.69) is 10.6 Å². The summed E-state index contributed by atoms with van der Waals surface area (Å²) in [6.07, 6.45) is 1.69. The fourth-order valence-corrected chi connectivity index (χ4v) is 14.2. The van der Waals surface area contributed by atoms with Crippen LogP contribution in [0.4, 0.5) is 10.5 Å². The third-order valence-corrected chi connectivity index (χ3v) is 20.5. The minimum atomic E-state index is -3.61. The lowest BCUT2D eigenvalue weighted by atomic mass is 9.83. The Kier molecular flexibility index (Phi) is 32.3. The number of rotatable bonds is 41. The van der Waals surface area contributed by atoms with Gasteiger partial charge in [0.2, 0.25) is 29.5 Å². The van der Waals surface area contributed by atoms with E-state index < -0.39 is 105 Å². The number of anilines is 1. The zero-order chi connectivity index (χ0) is 68.7. The first-order valence-corrected chi connectivity index (χ1v) is 34.7. The largest absolute Gasteiger partial charge is 0.481 e. The van der Waals surface area contributed by atoms with Crippen LogP contribution in [0.25, 0.3) is 0 Å². The van der Waals surface area contributed by atoms with E-state index in [4.69, 9.17) is 28.8 Å². The van der Waals surface area contributed by atoms with Crippen molar-refractivity contribution in [3.8, 4) is 0 Å². The molecule has 1 aliphatic carbocycles. The Hall–Kier alpha value is -5.89. The molecule has 0 unspecified atom stereocenters. The molecule has 0 spiro atoms. The summed E-state index contributed by atoms with van der Waals surface area (Å²) < 4.78 is 54.3. The molecule has 3 aliphatic rings. The third kappa shape index (κ3) is 23.8. The maximum Gasteiger partial charge on any atom is 0.410 e. The Morgan fingerprint density at radius 1 is 0.707 bits per heavy atom. The molecule has 10 atom stereocenters. The predicted molar refractivity (Wildman–Crippen MR) is 346 cm³/mol. The highest BCUT2D eigenvalue weighted by molar-refractivity contribution is 7.93. The first-order chi connectivity index (χ1) is 43.4. The van der Waals surface area contributed by atoms with Crippen molar-refractivity contribution in [3.05, 3.63) is 29.8 Å². The van der Waals surface area contributed by atoms with E-state index >= 15 is 0 Å². The fraction of sp³-hybridized carbons (Fsp3) is 0.761. The van der Waals surface area contributed by atoms with Crippen molar-refractivity contribution in [2.75, 3.05) is 85.4 Å². The summed E-state index contributed by atoms with van der Waals surface area (Å²) >= 11 is 0. The third-order valence-electron chi connectivity index (χ3n) is 18.4. The zero-order valence-electron chi connectivity index (χ0n) is 57.1. The topological polar surface area (TPSA) is 308 Å². The van der Waals surface area contributed by atoms with Crippen LogP contribution in [0.3, 0.4) is 0 Å². The number of ether oxygens (including phenoxy) is 5. The number of aliphatic carboxylic acids is 1. The standard InChI is InChI=1S/C67H108N6O18S/c1-15-44(8)61(57(87-13)38-59(78)73-28-16-17-54(73)62(88-14)46(10)64(80)69-53(35-41(2)3)56(76)40-92(85,86)51-22-23-51)70(11)65(81)52(42(4)5)37-55(75)60(43(6)7)71(12)67(84)91-39-47-18-20-49(21-19-47)68-63(79)45(9)36-50(74)26-31-89-33-34-90-32-27-58(77)72-29-24-48(25-30-72)66(82)83/h18-21,41-46,48,51-54,57,60-62H,15-17,22-40H2,1-14H3,(H,68,79)(H,69,80)(H,82,83)/t44-,45+,46+,52-,53-,54-,57+,60-,61-,62+/m0/s1. The summed E-state index contributed by atoms with van der Waals surface area (Å²) in [5.41, 5.74) is 1.07. The number of likely N-dealkylation sites (tertiary alicyclic amines) is 2. The first kappa shape index (κ1) is 78.6. The van der Waals surface area contributed by atoms with Crippen LogP contribution >= 0.6 is 0 Å². The van der Waals surface area contributed by atoms with Gasteiger partial charge in [0.1, 0.15) is 18.1 Å². The van der Waals surface area contributed by atoms with Gasteiger partial charge in [0, 0.05) is 84.7 Å². The van der Waals surface area contributed by atoms with Crippen LogP contribution in [0.1, 0.15) is 158 Å². The van der Waals surface area contributed by atoms with Gasteiger partial charge in [-0.15, -0.1) is 0 Å². The number of carbonyl (C=O) groups is 10. The summed E-state index contributed by atoms with van der Waals surface area (Å²) in [5, 5.41) is 14.3. The van der Waals surface area contributed by atoms with Crippen molar-refractivity contribution in [2.24, 2.45) is 47.3 Å². The lowest BCUT2D eigenvalue weighted by Gasteiger charge is -2.41. The Morgan fingerprint density at radius 2 is 1.33 bits per heavy atom. The lowest BCUT2D eigenvalue weighted by molar-refractivity contribution is -0.149. The minimum absolute atomic E-state index is 0.00000809. The highest BCUT2D eigenvalue weighted by atomic mass is 32.2. The molecule has 4 rings (SSSR count). The van der Waals surface area contributed by atoms with Crippen molar-refractivity contribution in [1.29, 1.82) is 0 Å². The summed E-state index contributed by atoms with van der Waals surface area (Å²) in [4.78, 5) is 140. The van der Waals surface area contributed by atoms with Crippen molar-refractivity contribution in [2.45, 2.75) is 201 Å². The molecule has 6 amide bonds. The number of Topliss-reactive ketones (excluding diaryl/α,β-unsaturated/α-hetero) is 3. The molecule has 0 aromatic heterocycles. The van der Waals surface area contributed by atoms with Gasteiger partial charge in [-0.1, -0.05) is 87.8 Å². The van der Waals surface area contributed by atoms with Gasteiger partial charge in [-0.2, -0.15) is 0 Å². The second-order valence-electron chi connectivity index (χ2n) is 26.7. The van der Waals surface area contributed by atoms with Crippen molar-refractivity contribution < 1.29 is 85.2 Å². The molecular formula is C67H108N6O18S. The molecule has 92 heavy (non-hydrogen) atoms. The predicted octanol–water partition coefficient (Wildman–Crippen LogP) is 6.78. The monoisotopic (exact) mass is 1320 g/mol. The number of methoxy groups -OCH3 is 2. The molecular weight excluding hydrogens is 1210 g/mol. The number of sulfone groups is 1. The molecule has 520 valence electrons. The van der Waals surface area contributed by atoms with Gasteiger partial charge in [0.05, 0.1) is 92.7 Å². The SMILES string of the molecule is CC[C@H](C)[C@@H]([C@@H](CC(=O)N1CCC[C@H]1[C@H](OC)[C@@H](C)C(=O)N[C@@H](CC(C)C)C(=O)CS(=O)(=O)C1CC1)OC)N(C)C(=O)[C@@H](CC(=O)[C@H](C(C)C)N(C)C(=O)OCc1ccc(NC(=O)[C@H](C)CC(=O)CCOCCOCCC(=O)N2CCC(C(=O)O)CC2)cc1)C(C)C. The van der Waals surface area contributed by atoms with Crippen LogP contribution in [-0.4, -0.2) is 214 Å². The molecule has 24 nitrogen and oxygen atoms in total. The van der Waals surface area contributed by atoms with E-state index in [1.165, 1.54) is 26.2 Å². The first-order valence-electron chi connectivity index (χ1n) is 33.0. The number of piperidine rings is 1. The summed E-state index contributed by atoms with van der Waals surface area (Å²) in [6.45, 7) is 20.3. The highest BCUT2D eigenvalue weighted by Gasteiger charge is 2.45. The molecule has 1 aromatic carbocycles. The maximum atomic E-state index is 14.8. The van der Waals surface area contributed by atoms with E-state index in [1.54, 1.807) is 59.9 Å². The number of benzene rings is 1. The Morgan fingerprint density at radius 3 is 1.87 bits per heavy atom. The summed E-state index contributed by atoms with van der Waals surface area (Å²) in [7, 11) is 2.50. The summed E-state index contributed by atoms with van der Waals surface area (Å²) in [5.74, 6) is -7.55. The van der Waals surface area contributed by atoms with Crippen LogP contribution in [0.5, 0.6) is 0 Å². The highest BCUT2D eigenvalue weighted by Crippen LogP contribution is 2.33. The normalized spacial score (nSPS) is 18.5. The number of carbonyl (C=O) groups excluding carboxylic acids is 9. The summed E-state index contributed by atoms with van der Waals surface area (Å²) in [6, 6.07) is 3.57. The van der Waals surface area contributed by atoms with E-state index in [0.29, 0.717) is 75.8 Å². The van der Waals surface area contributed by atoms with E-state index in [0.717, 1.165) is 0 Å². The smallest absolute Gasteiger partial charge is 0.410 e. The average molecular weight is 1320 g/mol. The van der Waals surface area contributed by atoms with Gasteiger partial charge < -0.3 is 59.0 Å². The minimum Gasteiger partial charge on any atom is -0.481 e. The number of hydrogen-bond acceptors (Lipinski definition) is 17. The zero-order valence-corrected chi connectivity index (χ0v) is 57.9. The van der Waals surface area contributed by atoms with Crippen LogP contribution < -0.4 is 10.6 Å². The van der Waals surface area contributed by atoms with Gasteiger partial charge in [-0.25, -0.2) is 13.2 Å². The molecule has 1 aromatic rings. The fourth-order valence-electron chi connectivity index (χ4n) is 12.5.